The van der Waals surface area contributed by atoms with Crippen LogP contribution < -0.4 is 4.74 Å². The zero-order valence-electron chi connectivity index (χ0n) is 18.0. The van der Waals surface area contributed by atoms with E-state index in [2.05, 4.69) is 0 Å². The first-order valence-electron chi connectivity index (χ1n) is 10.2. The number of thiophene rings is 1. The van der Waals surface area contributed by atoms with Crippen LogP contribution in [0, 0.1) is 12.7 Å². The summed E-state index contributed by atoms with van der Waals surface area (Å²) in [5.41, 5.74) is 1.83. The van der Waals surface area contributed by atoms with Crippen molar-refractivity contribution >= 4 is 40.4 Å². The first-order chi connectivity index (χ1) is 15.8. The molecule has 1 aliphatic rings. The van der Waals surface area contributed by atoms with Crippen molar-refractivity contribution in [2.75, 3.05) is 13.7 Å². The molecule has 1 fully saturated rings. The minimum Gasteiger partial charge on any atom is -0.507 e. The molecule has 2 heterocycles. The van der Waals surface area contributed by atoms with Gasteiger partial charge in [0.05, 0.1) is 29.3 Å². The van der Waals surface area contributed by atoms with Crippen LogP contribution in [0.3, 0.4) is 0 Å². The first kappa shape index (κ1) is 23.0. The van der Waals surface area contributed by atoms with Crippen LogP contribution in [0.2, 0.25) is 5.02 Å². The maximum absolute atomic E-state index is 13.2. The van der Waals surface area contributed by atoms with Crippen LogP contribution >= 0.6 is 22.9 Å². The number of benzene rings is 2. The van der Waals surface area contributed by atoms with E-state index in [1.807, 2.05) is 17.5 Å². The third-order valence-corrected chi connectivity index (χ3v) is 6.76. The van der Waals surface area contributed by atoms with Gasteiger partial charge in [-0.2, -0.15) is 0 Å². The number of aryl methyl sites for hydroxylation is 1. The van der Waals surface area contributed by atoms with Gasteiger partial charge in [-0.15, -0.1) is 11.3 Å². The maximum Gasteiger partial charge on any atom is 0.295 e. The van der Waals surface area contributed by atoms with E-state index in [1.54, 1.807) is 31.2 Å². The van der Waals surface area contributed by atoms with Crippen molar-refractivity contribution in [1.82, 2.24) is 4.90 Å². The van der Waals surface area contributed by atoms with Crippen LogP contribution in [0.1, 0.15) is 27.6 Å². The number of likely N-dealkylation sites (tertiary alicyclic amines) is 1. The van der Waals surface area contributed by atoms with E-state index in [4.69, 9.17) is 16.3 Å². The van der Waals surface area contributed by atoms with E-state index in [1.165, 1.54) is 35.5 Å². The van der Waals surface area contributed by atoms with Crippen molar-refractivity contribution < 1.29 is 23.8 Å². The standard InChI is InChI=1S/C25H21ClFNO4S/c1-14-12-17(24(32-2)18(26)13-14)22(29)20-21(19-4-3-11-33-19)28(25(31)23(20)30)10-9-15-5-7-16(27)8-6-15/h3-8,11-13,21,29H,9-10H2,1-2H3/b22-20-. The van der Waals surface area contributed by atoms with E-state index in [0.29, 0.717) is 6.42 Å². The Labute approximate surface area is 199 Å². The summed E-state index contributed by atoms with van der Waals surface area (Å²) < 4.78 is 18.6. The Morgan fingerprint density at radius 3 is 2.58 bits per heavy atom. The van der Waals surface area contributed by atoms with Gasteiger partial charge in [0.15, 0.2) is 0 Å². The maximum atomic E-state index is 13.2. The molecule has 1 saturated heterocycles. The van der Waals surface area contributed by atoms with Crippen molar-refractivity contribution in [2.24, 2.45) is 0 Å². The highest BCUT2D eigenvalue weighted by Crippen LogP contribution is 2.43. The molecule has 3 aromatic rings. The monoisotopic (exact) mass is 485 g/mol. The fraction of sp³-hybridized carbons (Fsp3) is 0.200. The number of rotatable bonds is 6. The second-order valence-corrected chi connectivity index (χ2v) is 9.10. The first-order valence-corrected chi connectivity index (χ1v) is 11.5. The Morgan fingerprint density at radius 2 is 1.94 bits per heavy atom. The highest BCUT2D eigenvalue weighted by atomic mass is 35.5. The minimum absolute atomic E-state index is 0.0125. The normalized spacial score (nSPS) is 17.6. The molecule has 2 aromatic carbocycles. The van der Waals surface area contributed by atoms with Gasteiger partial charge >= 0.3 is 0 Å². The van der Waals surface area contributed by atoms with Crippen LogP contribution in [-0.4, -0.2) is 35.4 Å². The molecule has 170 valence electrons. The third-order valence-electron chi connectivity index (χ3n) is 5.55. The number of Topliss-reactive ketones (excluding diaryl/α,β-unsaturated/α-hetero) is 1. The summed E-state index contributed by atoms with van der Waals surface area (Å²) in [6, 6.07) is 12.2. The number of hydrogen-bond donors (Lipinski definition) is 1. The summed E-state index contributed by atoms with van der Waals surface area (Å²) in [6.45, 7) is 2.03. The molecule has 33 heavy (non-hydrogen) atoms. The van der Waals surface area contributed by atoms with Crippen LogP contribution in [0.4, 0.5) is 4.39 Å². The SMILES string of the molecule is COc1c(Cl)cc(C)cc1/C(O)=C1/C(=O)C(=O)N(CCc2ccc(F)cc2)C1c1cccs1. The second-order valence-electron chi connectivity index (χ2n) is 7.71. The lowest BCUT2D eigenvalue weighted by atomic mass is 9.98. The number of halogens is 2. The van der Waals surface area contributed by atoms with E-state index in [9.17, 15) is 19.1 Å². The average Bonchev–Trinajstić information content (AvgIpc) is 3.40. The Hall–Kier alpha value is -3.16. The molecule has 0 saturated carbocycles. The van der Waals surface area contributed by atoms with Crippen LogP contribution in [-0.2, 0) is 16.0 Å². The molecule has 5 nitrogen and oxygen atoms in total. The number of ketones is 1. The summed E-state index contributed by atoms with van der Waals surface area (Å²) in [5, 5.41) is 13.4. The smallest absolute Gasteiger partial charge is 0.295 e. The Bertz CT molecular complexity index is 1240. The fourth-order valence-electron chi connectivity index (χ4n) is 4.01. The van der Waals surface area contributed by atoms with Crippen molar-refractivity contribution in [1.29, 1.82) is 0 Å². The van der Waals surface area contributed by atoms with Crippen LogP contribution in [0.5, 0.6) is 5.75 Å². The lowest BCUT2D eigenvalue weighted by Gasteiger charge is -2.24. The molecule has 0 spiro atoms. The zero-order chi connectivity index (χ0) is 23.7. The van der Waals surface area contributed by atoms with E-state index in [0.717, 1.165) is 16.0 Å². The lowest BCUT2D eigenvalue weighted by molar-refractivity contribution is -0.139. The number of aliphatic hydroxyl groups excluding tert-OH is 1. The quantitative estimate of drug-likeness (QED) is 0.283. The van der Waals surface area contributed by atoms with Gasteiger partial charge in [-0.3, -0.25) is 9.59 Å². The highest BCUT2D eigenvalue weighted by Gasteiger charge is 2.46. The van der Waals surface area contributed by atoms with Crippen molar-refractivity contribution in [3.8, 4) is 5.75 Å². The average molecular weight is 486 g/mol. The summed E-state index contributed by atoms with van der Waals surface area (Å²) >= 11 is 7.68. The molecule has 1 aliphatic heterocycles. The number of aliphatic hydroxyl groups is 1. The topological polar surface area (TPSA) is 66.8 Å². The lowest BCUT2D eigenvalue weighted by Crippen LogP contribution is -2.31. The van der Waals surface area contributed by atoms with Crippen LogP contribution in [0.15, 0.2) is 59.5 Å². The molecule has 4 rings (SSSR count). The van der Waals surface area contributed by atoms with Crippen molar-refractivity contribution in [3.05, 3.63) is 91.9 Å². The number of hydrogen-bond acceptors (Lipinski definition) is 5. The van der Waals surface area contributed by atoms with Gasteiger partial charge in [-0.05, 0) is 60.2 Å². The van der Waals surface area contributed by atoms with Gasteiger partial charge in [0.2, 0.25) is 0 Å². The van der Waals surface area contributed by atoms with Gasteiger partial charge in [-0.1, -0.05) is 29.8 Å². The predicted molar refractivity (Wildman–Crippen MR) is 126 cm³/mol. The summed E-state index contributed by atoms with van der Waals surface area (Å²) in [4.78, 5) is 28.4. The second kappa shape index (κ2) is 9.37. The molecule has 0 bridgehead atoms. The molecule has 0 radical (unpaired) electrons. The Kier molecular flexibility index (Phi) is 6.54. The number of carbonyl (C=O) groups excluding carboxylic acids is 2. The number of methoxy groups -OCH3 is 1. The molecule has 1 atom stereocenters. The third kappa shape index (κ3) is 4.38. The van der Waals surface area contributed by atoms with Crippen molar-refractivity contribution in [2.45, 2.75) is 19.4 Å². The van der Waals surface area contributed by atoms with Gasteiger partial charge in [0.25, 0.3) is 11.7 Å². The van der Waals surface area contributed by atoms with E-state index >= 15 is 0 Å². The number of ether oxygens (including phenoxy) is 1. The Morgan fingerprint density at radius 1 is 1.21 bits per heavy atom. The number of carbonyl (C=O) groups is 2. The highest BCUT2D eigenvalue weighted by molar-refractivity contribution is 7.10. The molecule has 8 heteroatoms. The molecule has 1 unspecified atom stereocenters. The molecule has 1 amide bonds. The van der Waals surface area contributed by atoms with Crippen molar-refractivity contribution in [3.63, 3.8) is 0 Å². The van der Waals surface area contributed by atoms with E-state index in [-0.39, 0.29) is 40.0 Å². The largest absolute Gasteiger partial charge is 0.507 e. The summed E-state index contributed by atoms with van der Waals surface area (Å²) in [7, 11) is 1.42. The van der Waals surface area contributed by atoms with E-state index < -0.39 is 17.7 Å². The molecular formula is C25H21ClFNO4S. The minimum atomic E-state index is -0.773. The number of amides is 1. The van der Waals surface area contributed by atoms with Gasteiger partial charge in [-0.25, -0.2) is 4.39 Å². The Balaban J connectivity index is 1.80. The summed E-state index contributed by atoms with van der Waals surface area (Å²) in [5.74, 6) is -1.93. The predicted octanol–water partition coefficient (Wildman–Crippen LogP) is 5.52. The molecule has 1 N–H and O–H groups in total. The summed E-state index contributed by atoms with van der Waals surface area (Å²) in [6.07, 6.45) is 0.425. The van der Waals surface area contributed by atoms with Gasteiger partial charge < -0.3 is 14.7 Å². The molecule has 1 aromatic heterocycles. The fourth-order valence-corrected chi connectivity index (χ4v) is 5.21. The number of nitrogens with zero attached hydrogens (tertiary/aromatic N) is 1. The zero-order valence-corrected chi connectivity index (χ0v) is 19.5. The van der Waals surface area contributed by atoms with Gasteiger partial charge in [0.1, 0.15) is 17.3 Å². The van der Waals surface area contributed by atoms with Gasteiger partial charge in [0, 0.05) is 11.4 Å². The molecular weight excluding hydrogens is 465 g/mol. The van der Waals surface area contributed by atoms with Crippen LogP contribution in [0.25, 0.3) is 5.76 Å². The molecule has 0 aliphatic carbocycles.